The third kappa shape index (κ3) is 2.66. The van der Waals surface area contributed by atoms with Crippen LogP contribution in [0.1, 0.15) is 92.4 Å². The third-order valence-corrected chi connectivity index (χ3v) is 9.85. The summed E-state index contributed by atoms with van der Waals surface area (Å²) in [7, 11) is 0. The highest BCUT2D eigenvalue weighted by Gasteiger charge is 2.68. The maximum Gasteiger partial charge on any atom is 0.312 e. The monoisotopic (exact) mass is 375 g/mol. The zero-order valence-corrected chi connectivity index (χ0v) is 18.3. The van der Waals surface area contributed by atoms with Crippen molar-refractivity contribution >= 4 is 5.97 Å². The first-order valence-electron chi connectivity index (χ1n) is 11.6. The fourth-order valence-electron chi connectivity index (χ4n) is 8.87. The van der Waals surface area contributed by atoms with E-state index in [0.29, 0.717) is 34.8 Å². The van der Waals surface area contributed by atoms with Crippen LogP contribution in [0.2, 0.25) is 0 Å². The number of carbonyl (C=O) groups excluding carboxylic acids is 1. The molecule has 0 aromatic carbocycles. The lowest BCUT2D eigenvalue weighted by Gasteiger charge is -2.64. The summed E-state index contributed by atoms with van der Waals surface area (Å²) >= 11 is 0. The van der Waals surface area contributed by atoms with Gasteiger partial charge in [-0.05, 0) is 99.8 Å². The van der Waals surface area contributed by atoms with Gasteiger partial charge in [-0.3, -0.25) is 4.79 Å². The largest absolute Gasteiger partial charge is 0.466 e. The van der Waals surface area contributed by atoms with Crippen molar-refractivity contribution in [2.24, 2.45) is 33.5 Å². The van der Waals surface area contributed by atoms with Gasteiger partial charge in [0.25, 0.3) is 0 Å². The minimum absolute atomic E-state index is 0.0782. The van der Waals surface area contributed by atoms with Crippen LogP contribution in [-0.2, 0) is 9.53 Å². The standard InChI is InChI=1S/C24H41NO2/c1-6-25-19-15-24-14-10-17-22(4,18(24)9-13-21(19,3)16-24)11-8-12-23(17,5)20(26)27-7-2/h17-19,25H,6-16H2,1-5H3/t17-,18-,19-,21-,22+,23+,24-/m0/s1. The Kier molecular flexibility index (Phi) is 4.73. The molecule has 7 atom stereocenters. The van der Waals surface area contributed by atoms with E-state index in [9.17, 15) is 4.79 Å². The Balaban J connectivity index is 1.66. The van der Waals surface area contributed by atoms with E-state index in [-0.39, 0.29) is 11.4 Å². The van der Waals surface area contributed by atoms with E-state index in [1.54, 1.807) is 0 Å². The number of hydrogen-bond donors (Lipinski definition) is 1. The van der Waals surface area contributed by atoms with Gasteiger partial charge in [-0.25, -0.2) is 0 Å². The van der Waals surface area contributed by atoms with Gasteiger partial charge in [-0.1, -0.05) is 27.2 Å². The van der Waals surface area contributed by atoms with E-state index >= 15 is 0 Å². The average Bonchev–Trinajstić information content (AvgIpc) is 2.80. The zero-order valence-electron chi connectivity index (χ0n) is 18.3. The van der Waals surface area contributed by atoms with E-state index in [1.165, 1.54) is 51.4 Å². The lowest BCUT2D eigenvalue weighted by atomic mass is 9.40. The van der Waals surface area contributed by atoms with Crippen molar-refractivity contribution in [2.75, 3.05) is 13.2 Å². The fraction of sp³-hybridized carbons (Fsp3) is 0.958. The molecule has 4 fully saturated rings. The maximum absolute atomic E-state index is 13.0. The first kappa shape index (κ1) is 19.7. The Bertz CT molecular complexity index is 605. The molecule has 4 rings (SSSR count). The second-order valence-electron chi connectivity index (χ2n) is 11.2. The molecule has 0 heterocycles. The molecule has 1 spiro atoms. The van der Waals surface area contributed by atoms with Gasteiger partial charge in [-0.2, -0.15) is 0 Å². The molecular weight excluding hydrogens is 334 g/mol. The molecule has 0 radical (unpaired) electrons. The number of esters is 1. The smallest absolute Gasteiger partial charge is 0.312 e. The van der Waals surface area contributed by atoms with Crippen LogP contribution < -0.4 is 5.32 Å². The van der Waals surface area contributed by atoms with Gasteiger partial charge in [0.15, 0.2) is 0 Å². The second-order valence-corrected chi connectivity index (χ2v) is 11.2. The molecule has 4 saturated carbocycles. The number of carbonyl (C=O) groups is 1. The van der Waals surface area contributed by atoms with Crippen molar-refractivity contribution in [3.05, 3.63) is 0 Å². The molecule has 0 aromatic heterocycles. The summed E-state index contributed by atoms with van der Waals surface area (Å²) in [5, 5.41) is 3.85. The Morgan fingerprint density at radius 3 is 2.48 bits per heavy atom. The third-order valence-electron chi connectivity index (χ3n) is 9.85. The quantitative estimate of drug-likeness (QED) is 0.675. The Hall–Kier alpha value is -0.570. The highest BCUT2D eigenvalue weighted by atomic mass is 16.5. The van der Waals surface area contributed by atoms with Crippen LogP contribution in [0.25, 0.3) is 0 Å². The van der Waals surface area contributed by atoms with Crippen LogP contribution in [0.5, 0.6) is 0 Å². The summed E-state index contributed by atoms with van der Waals surface area (Å²) in [5.74, 6) is 1.36. The number of hydrogen-bond acceptors (Lipinski definition) is 3. The van der Waals surface area contributed by atoms with Crippen molar-refractivity contribution in [3.63, 3.8) is 0 Å². The summed E-state index contributed by atoms with van der Waals surface area (Å²) in [4.78, 5) is 13.0. The van der Waals surface area contributed by atoms with Crippen molar-refractivity contribution in [1.29, 1.82) is 0 Å². The molecule has 4 aliphatic rings. The fourth-order valence-corrected chi connectivity index (χ4v) is 8.87. The molecule has 0 aromatic rings. The molecule has 0 unspecified atom stereocenters. The zero-order chi connectivity index (χ0) is 19.5. The summed E-state index contributed by atoms with van der Waals surface area (Å²) in [6.07, 6.45) is 11.5. The Morgan fingerprint density at radius 2 is 1.78 bits per heavy atom. The molecule has 27 heavy (non-hydrogen) atoms. The van der Waals surface area contributed by atoms with Gasteiger partial charge >= 0.3 is 5.97 Å². The van der Waals surface area contributed by atoms with Gasteiger partial charge < -0.3 is 10.1 Å². The molecule has 3 nitrogen and oxygen atoms in total. The highest BCUT2D eigenvalue weighted by Crippen LogP contribution is 2.73. The molecule has 1 N–H and O–H groups in total. The van der Waals surface area contributed by atoms with Gasteiger partial charge in [-0.15, -0.1) is 0 Å². The van der Waals surface area contributed by atoms with Gasteiger partial charge in [0.1, 0.15) is 0 Å². The van der Waals surface area contributed by atoms with Crippen LogP contribution in [0, 0.1) is 33.5 Å². The van der Waals surface area contributed by atoms with Crippen molar-refractivity contribution in [2.45, 2.75) is 98.4 Å². The van der Waals surface area contributed by atoms with Gasteiger partial charge in [0.05, 0.1) is 12.0 Å². The highest BCUT2D eigenvalue weighted by molar-refractivity contribution is 5.77. The summed E-state index contributed by atoms with van der Waals surface area (Å²) < 4.78 is 5.59. The molecule has 3 heteroatoms. The molecule has 2 bridgehead atoms. The van der Waals surface area contributed by atoms with Gasteiger partial charge in [0.2, 0.25) is 0 Å². The first-order chi connectivity index (χ1) is 12.7. The van der Waals surface area contributed by atoms with E-state index in [4.69, 9.17) is 4.74 Å². The molecule has 0 saturated heterocycles. The topological polar surface area (TPSA) is 38.3 Å². The maximum atomic E-state index is 13.0. The normalized spacial score (nSPS) is 51.4. The number of ether oxygens (including phenoxy) is 1. The number of fused-ring (bicyclic) bond motifs is 3. The van der Waals surface area contributed by atoms with Gasteiger partial charge in [0, 0.05) is 6.04 Å². The Labute approximate surface area is 166 Å². The first-order valence-corrected chi connectivity index (χ1v) is 11.6. The molecule has 0 amide bonds. The van der Waals surface area contributed by atoms with E-state index in [0.717, 1.165) is 18.9 Å². The lowest BCUT2D eigenvalue weighted by molar-refractivity contribution is -0.187. The number of nitrogens with one attached hydrogen (secondary N) is 1. The average molecular weight is 376 g/mol. The van der Waals surface area contributed by atoms with Crippen LogP contribution in [0.3, 0.4) is 0 Å². The lowest BCUT2D eigenvalue weighted by Crippen LogP contribution is -2.58. The molecule has 0 aliphatic heterocycles. The molecular formula is C24H41NO2. The van der Waals surface area contributed by atoms with Crippen LogP contribution in [0.4, 0.5) is 0 Å². The Morgan fingerprint density at radius 1 is 1.04 bits per heavy atom. The van der Waals surface area contributed by atoms with E-state index < -0.39 is 0 Å². The molecule has 154 valence electrons. The van der Waals surface area contributed by atoms with E-state index in [2.05, 4.69) is 33.0 Å². The summed E-state index contributed by atoms with van der Waals surface area (Å²) in [6, 6.07) is 0.688. The predicted molar refractivity (Wildman–Crippen MR) is 109 cm³/mol. The van der Waals surface area contributed by atoms with Crippen molar-refractivity contribution in [1.82, 2.24) is 5.32 Å². The minimum Gasteiger partial charge on any atom is -0.466 e. The van der Waals surface area contributed by atoms with E-state index in [1.807, 2.05) is 6.92 Å². The predicted octanol–water partition coefficient (Wildman–Crippen LogP) is 5.33. The number of rotatable bonds is 4. The van der Waals surface area contributed by atoms with Crippen molar-refractivity contribution in [3.8, 4) is 0 Å². The summed E-state index contributed by atoms with van der Waals surface area (Å²) in [5.41, 5.74) is 1.03. The summed E-state index contributed by atoms with van der Waals surface area (Å²) in [6.45, 7) is 13.1. The second kappa shape index (κ2) is 6.47. The molecule has 4 aliphatic carbocycles. The van der Waals surface area contributed by atoms with Crippen molar-refractivity contribution < 1.29 is 9.53 Å². The van der Waals surface area contributed by atoms with Crippen LogP contribution >= 0.6 is 0 Å². The SMILES string of the molecule is CCN[C@H]1C[C@]23CC[C@H]4[C@@](C)(CCC[C@@]4(C)C(=O)OCC)[C@@H]2CC[C@@]1(C)C3. The minimum atomic E-state index is -0.273. The van der Waals surface area contributed by atoms with Crippen LogP contribution in [0.15, 0.2) is 0 Å². The van der Waals surface area contributed by atoms with Crippen LogP contribution in [-0.4, -0.2) is 25.2 Å².